The molecule has 1 aromatic carbocycles. The van der Waals surface area contributed by atoms with Crippen molar-refractivity contribution in [2.45, 2.75) is 6.54 Å². The molecule has 0 spiro atoms. The first-order valence-electron chi connectivity index (χ1n) is 6.34. The number of aromatic carboxylic acids is 1. The molecule has 2 aromatic heterocycles. The maximum absolute atomic E-state index is 11.2. The molecule has 0 aliphatic carbocycles. The zero-order valence-electron chi connectivity index (χ0n) is 11.0. The summed E-state index contributed by atoms with van der Waals surface area (Å²) in [7, 11) is 0. The summed E-state index contributed by atoms with van der Waals surface area (Å²) < 4.78 is 1.70. The van der Waals surface area contributed by atoms with Crippen molar-refractivity contribution in [3.63, 3.8) is 0 Å². The van der Waals surface area contributed by atoms with Gasteiger partial charge in [0.2, 0.25) is 0 Å². The fraction of sp³-hybridized carbons (Fsp3) is 0.0667. The Morgan fingerprint density at radius 3 is 2.71 bits per heavy atom. The van der Waals surface area contributed by atoms with Crippen molar-refractivity contribution in [1.29, 1.82) is 0 Å². The lowest BCUT2D eigenvalue weighted by atomic mass is 10.0. The van der Waals surface area contributed by atoms with Gasteiger partial charge in [-0.1, -0.05) is 24.3 Å². The van der Waals surface area contributed by atoms with Crippen molar-refractivity contribution in [1.82, 2.24) is 19.7 Å². The highest BCUT2D eigenvalue weighted by Gasteiger charge is 2.11. The highest BCUT2D eigenvalue weighted by Crippen LogP contribution is 2.22. The molecule has 0 amide bonds. The highest BCUT2D eigenvalue weighted by atomic mass is 16.4. The lowest BCUT2D eigenvalue weighted by Gasteiger charge is -2.06. The van der Waals surface area contributed by atoms with Crippen LogP contribution >= 0.6 is 0 Å². The predicted octanol–water partition coefficient (Wildman–Crippen LogP) is 2.09. The van der Waals surface area contributed by atoms with E-state index in [1.807, 2.05) is 12.1 Å². The Hall–Kier alpha value is -3.02. The maximum Gasteiger partial charge on any atom is 0.336 e. The molecule has 104 valence electrons. The van der Waals surface area contributed by atoms with Gasteiger partial charge in [0.05, 0.1) is 17.8 Å². The SMILES string of the molecule is O=C(O)c1ccccc1-c1ccc(Cn2cncn2)cn1. The number of carboxylic acid groups (broad SMARTS) is 1. The average molecular weight is 280 g/mol. The van der Waals surface area contributed by atoms with Crippen molar-refractivity contribution in [2.24, 2.45) is 0 Å². The number of aromatic nitrogens is 4. The number of nitrogens with zero attached hydrogens (tertiary/aromatic N) is 4. The molecule has 2 heterocycles. The van der Waals surface area contributed by atoms with E-state index in [0.717, 1.165) is 5.56 Å². The van der Waals surface area contributed by atoms with Crippen molar-refractivity contribution in [3.8, 4) is 11.3 Å². The molecule has 3 aromatic rings. The minimum absolute atomic E-state index is 0.244. The Morgan fingerprint density at radius 2 is 2.05 bits per heavy atom. The quantitative estimate of drug-likeness (QED) is 0.791. The molecule has 0 aliphatic rings. The summed E-state index contributed by atoms with van der Waals surface area (Å²) >= 11 is 0. The molecule has 0 bridgehead atoms. The Labute approximate surface area is 120 Å². The van der Waals surface area contributed by atoms with E-state index in [2.05, 4.69) is 15.1 Å². The third-order valence-corrected chi connectivity index (χ3v) is 3.07. The van der Waals surface area contributed by atoms with Crippen LogP contribution in [0, 0.1) is 0 Å². The van der Waals surface area contributed by atoms with Gasteiger partial charge in [-0.15, -0.1) is 0 Å². The van der Waals surface area contributed by atoms with Crippen LogP contribution in [0.25, 0.3) is 11.3 Å². The van der Waals surface area contributed by atoms with Gasteiger partial charge in [0.15, 0.2) is 0 Å². The normalized spacial score (nSPS) is 10.5. The van der Waals surface area contributed by atoms with E-state index in [1.54, 1.807) is 41.5 Å². The van der Waals surface area contributed by atoms with E-state index in [4.69, 9.17) is 0 Å². The zero-order valence-corrected chi connectivity index (χ0v) is 11.0. The standard InChI is InChI=1S/C15H12N4O2/c20-15(21)13-4-2-1-3-12(13)14-6-5-11(7-17-14)8-19-10-16-9-18-19/h1-7,9-10H,8H2,(H,20,21). The van der Waals surface area contributed by atoms with Crippen molar-refractivity contribution >= 4 is 5.97 Å². The van der Waals surface area contributed by atoms with Crippen LogP contribution in [-0.2, 0) is 6.54 Å². The van der Waals surface area contributed by atoms with Crippen molar-refractivity contribution in [2.75, 3.05) is 0 Å². The number of benzene rings is 1. The van der Waals surface area contributed by atoms with Gasteiger partial charge < -0.3 is 5.11 Å². The van der Waals surface area contributed by atoms with Gasteiger partial charge >= 0.3 is 5.97 Å². The molecule has 0 atom stereocenters. The molecule has 3 rings (SSSR count). The fourth-order valence-electron chi connectivity index (χ4n) is 2.07. The van der Waals surface area contributed by atoms with Crippen molar-refractivity contribution in [3.05, 3.63) is 66.4 Å². The van der Waals surface area contributed by atoms with Gasteiger partial charge in [0, 0.05) is 11.8 Å². The molecule has 21 heavy (non-hydrogen) atoms. The Kier molecular flexibility index (Phi) is 3.42. The van der Waals surface area contributed by atoms with Crippen LogP contribution in [-0.4, -0.2) is 30.8 Å². The van der Waals surface area contributed by atoms with E-state index in [-0.39, 0.29) is 5.56 Å². The summed E-state index contributed by atoms with van der Waals surface area (Å²) in [6.45, 7) is 0.577. The third kappa shape index (κ3) is 2.79. The number of hydrogen-bond acceptors (Lipinski definition) is 4. The minimum Gasteiger partial charge on any atom is -0.478 e. The van der Waals surface area contributed by atoms with E-state index >= 15 is 0 Å². The van der Waals surface area contributed by atoms with Gasteiger partial charge in [-0.05, 0) is 17.7 Å². The summed E-state index contributed by atoms with van der Waals surface area (Å²) in [4.78, 5) is 19.5. The van der Waals surface area contributed by atoms with Crippen molar-refractivity contribution < 1.29 is 9.90 Å². The largest absolute Gasteiger partial charge is 0.478 e. The molecule has 0 fully saturated rings. The summed E-state index contributed by atoms with van der Waals surface area (Å²) in [6, 6.07) is 10.5. The van der Waals surface area contributed by atoms with Gasteiger partial charge in [-0.3, -0.25) is 4.98 Å². The van der Waals surface area contributed by atoms with Crippen LogP contribution in [0.15, 0.2) is 55.2 Å². The van der Waals surface area contributed by atoms with Gasteiger partial charge in [0.1, 0.15) is 12.7 Å². The smallest absolute Gasteiger partial charge is 0.336 e. The Bertz CT molecular complexity index is 752. The minimum atomic E-state index is -0.959. The third-order valence-electron chi connectivity index (χ3n) is 3.07. The van der Waals surface area contributed by atoms with Gasteiger partial charge in [0.25, 0.3) is 0 Å². The Morgan fingerprint density at radius 1 is 1.19 bits per heavy atom. The summed E-state index contributed by atoms with van der Waals surface area (Å²) in [5.41, 5.74) is 2.46. The first kappa shape index (κ1) is 13.0. The van der Waals surface area contributed by atoms with Crippen LogP contribution in [0.4, 0.5) is 0 Å². The second kappa shape index (κ2) is 5.54. The molecule has 0 unspecified atom stereocenters. The maximum atomic E-state index is 11.2. The molecule has 0 aliphatic heterocycles. The molecular weight excluding hydrogens is 268 g/mol. The Balaban J connectivity index is 1.89. The lowest BCUT2D eigenvalue weighted by Crippen LogP contribution is -2.02. The molecule has 6 heteroatoms. The molecule has 0 saturated carbocycles. The van der Waals surface area contributed by atoms with Gasteiger partial charge in [-0.25, -0.2) is 14.5 Å². The van der Waals surface area contributed by atoms with E-state index < -0.39 is 5.97 Å². The van der Waals surface area contributed by atoms with Gasteiger partial charge in [-0.2, -0.15) is 5.10 Å². The molecular formula is C15H12N4O2. The molecule has 1 N–H and O–H groups in total. The monoisotopic (exact) mass is 280 g/mol. The first-order valence-corrected chi connectivity index (χ1v) is 6.34. The fourth-order valence-corrected chi connectivity index (χ4v) is 2.07. The van der Waals surface area contributed by atoms with Crippen LogP contribution in [0.2, 0.25) is 0 Å². The topological polar surface area (TPSA) is 80.9 Å². The van der Waals surface area contributed by atoms with Crippen LogP contribution in [0.5, 0.6) is 0 Å². The predicted molar refractivity (Wildman–Crippen MR) is 75.8 cm³/mol. The number of rotatable bonds is 4. The highest BCUT2D eigenvalue weighted by molar-refractivity contribution is 5.95. The summed E-state index contributed by atoms with van der Waals surface area (Å²) in [5.74, 6) is -0.959. The second-order valence-electron chi connectivity index (χ2n) is 4.50. The summed E-state index contributed by atoms with van der Waals surface area (Å²) in [5, 5.41) is 13.2. The first-order chi connectivity index (χ1) is 10.2. The molecule has 0 radical (unpaired) electrons. The van der Waals surface area contributed by atoms with E-state index in [1.165, 1.54) is 6.33 Å². The number of pyridine rings is 1. The second-order valence-corrected chi connectivity index (χ2v) is 4.50. The van der Waals surface area contributed by atoms with Crippen LogP contribution in [0.1, 0.15) is 15.9 Å². The van der Waals surface area contributed by atoms with Crippen LogP contribution in [0.3, 0.4) is 0 Å². The van der Waals surface area contributed by atoms with E-state index in [9.17, 15) is 9.90 Å². The summed E-state index contributed by atoms with van der Waals surface area (Å²) in [6.07, 6.45) is 4.83. The van der Waals surface area contributed by atoms with E-state index in [0.29, 0.717) is 17.8 Å². The lowest BCUT2D eigenvalue weighted by molar-refractivity contribution is 0.0697. The number of carboxylic acids is 1. The zero-order chi connectivity index (χ0) is 14.7. The molecule has 0 saturated heterocycles. The number of carbonyl (C=O) groups is 1. The number of hydrogen-bond donors (Lipinski definition) is 1. The van der Waals surface area contributed by atoms with Crippen LogP contribution < -0.4 is 0 Å². The average Bonchev–Trinajstić information content (AvgIpc) is 3.01. The molecule has 6 nitrogen and oxygen atoms in total.